The number of carbonyl (C=O) groups is 1. The Kier molecular flexibility index (Phi) is 6.64. The number of nitrogens with zero attached hydrogens (tertiary/aromatic N) is 4. The van der Waals surface area contributed by atoms with Crippen molar-refractivity contribution in [3.63, 3.8) is 0 Å². The Morgan fingerprint density at radius 2 is 1.58 bits per heavy atom. The molecule has 36 heavy (non-hydrogen) atoms. The first-order valence-electron chi connectivity index (χ1n) is 12.3. The number of aromatic nitrogens is 2. The van der Waals surface area contributed by atoms with Crippen LogP contribution in [0.5, 0.6) is 0 Å². The lowest BCUT2D eigenvalue weighted by molar-refractivity contribution is 0.0698. The first kappa shape index (κ1) is 24.2. The molecule has 5 rings (SSSR count). The highest BCUT2D eigenvalue weighted by atomic mass is 32.2. The number of sulfonamides is 1. The molecule has 1 amide bonds. The number of amides is 1. The van der Waals surface area contributed by atoms with Gasteiger partial charge >= 0.3 is 0 Å². The summed E-state index contributed by atoms with van der Waals surface area (Å²) in [4.78, 5) is 19.6. The quantitative estimate of drug-likeness (QED) is 0.384. The third-order valence-electron chi connectivity index (χ3n) is 7.07. The number of piperazine rings is 1. The van der Waals surface area contributed by atoms with Gasteiger partial charge in [0.05, 0.1) is 15.9 Å². The highest BCUT2D eigenvalue weighted by molar-refractivity contribution is 7.89. The van der Waals surface area contributed by atoms with Gasteiger partial charge in [0.2, 0.25) is 10.0 Å². The second-order valence-electron chi connectivity index (χ2n) is 9.22. The smallest absolute Gasteiger partial charge is 0.253 e. The molecule has 0 radical (unpaired) electrons. The second kappa shape index (κ2) is 9.87. The molecular weight excluding hydrogens is 472 g/mol. The molecule has 186 valence electrons. The minimum absolute atomic E-state index is 0.0907. The summed E-state index contributed by atoms with van der Waals surface area (Å²) in [5, 5.41) is 0. The van der Waals surface area contributed by atoms with Gasteiger partial charge < -0.3 is 4.90 Å². The Balaban J connectivity index is 1.24. The van der Waals surface area contributed by atoms with Crippen LogP contribution in [0.15, 0.2) is 84.0 Å². The molecule has 4 aromatic rings. The van der Waals surface area contributed by atoms with Crippen LogP contribution in [0.4, 0.5) is 0 Å². The summed E-state index contributed by atoms with van der Waals surface area (Å²) >= 11 is 0. The second-order valence-corrected chi connectivity index (χ2v) is 11.2. The average Bonchev–Trinajstić information content (AvgIpc) is 3.37. The fourth-order valence-electron chi connectivity index (χ4n) is 4.60. The predicted octanol–water partition coefficient (Wildman–Crippen LogP) is 4.69. The topological polar surface area (TPSA) is 75.5 Å². The summed E-state index contributed by atoms with van der Waals surface area (Å²) in [5.74, 6) is 0.302. The lowest BCUT2D eigenvalue weighted by atomic mass is 9.99. The number of para-hydroxylation sites is 2. The highest BCUT2D eigenvalue weighted by Crippen LogP contribution is 2.24. The van der Waals surface area contributed by atoms with Crippen molar-refractivity contribution in [3.05, 3.63) is 90.3 Å². The van der Waals surface area contributed by atoms with Crippen LogP contribution < -0.4 is 0 Å². The Labute approximate surface area is 212 Å². The van der Waals surface area contributed by atoms with Gasteiger partial charge in [-0.25, -0.2) is 13.4 Å². The van der Waals surface area contributed by atoms with E-state index in [-0.39, 0.29) is 19.0 Å². The van der Waals surface area contributed by atoms with E-state index in [0.29, 0.717) is 29.5 Å². The Bertz CT molecular complexity index is 1470. The molecule has 2 heterocycles. The first-order chi connectivity index (χ1) is 17.4. The van der Waals surface area contributed by atoms with E-state index >= 15 is 0 Å². The Hall–Kier alpha value is -3.49. The Morgan fingerprint density at radius 1 is 0.917 bits per heavy atom. The van der Waals surface area contributed by atoms with Crippen molar-refractivity contribution in [1.82, 2.24) is 18.8 Å². The molecule has 0 spiro atoms. The van der Waals surface area contributed by atoms with Crippen molar-refractivity contribution in [2.75, 3.05) is 26.2 Å². The van der Waals surface area contributed by atoms with E-state index in [0.717, 1.165) is 28.7 Å². The lowest BCUT2D eigenvalue weighted by Gasteiger charge is -2.34. The molecule has 1 atom stereocenters. The standard InChI is InChI=1S/C28H30N4O3S/c1-3-21(2)22-10-14-25(15-11-22)36(34,35)31-18-16-30(17-19-31)28(33)23-8-12-24(13-9-23)32-20-29-26-6-4-5-7-27(26)32/h4-15,20-21H,3,16-19H2,1-2H3. The van der Waals surface area contributed by atoms with Crippen LogP contribution >= 0.6 is 0 Å². The van der Waals surface area contributed by atoms with E-state index in [1.54, 1.807) is 23.4 Å². The van der Waals surface area contributed by atoms with Crippen molar-refractivity contribution in [1.29, 1.82) is 0 Å². The molecule has 8 heteroatoms. The summed E-state index contributed by atoms with van der Waals surface area (Å²) in [6, 6.07) is 22.5. The average molecular weight is 503 g/mol. The van der Waals surface area contributed by atoms with Crippen molar-refractivity contribution in [3.8, 4) is 5.69 Å². The van der Waals surface area contributed by atoms with E-state index in [9.17, 15) is 13.2 Å². The molecule has 0 aliphatic carbocycles. The monoisotopic (exact) mass is 502 g/mol. The zero-order valence-electron chi connectivity index (χ0n) is 20.5. The van der Waals surface area contributed by atoms with Gasteiger partial charge in [0.1, 0.15) is 6.33 Å². The fraction of sp³-hybridized carbons (Fsp3) is 0.286. The van der Waals surface area contributed by atoms with Crippen molar-refractivity contribution in [2.45, 2.75) is 31.1 Å². The molecule has 3 aromatic carbocycles. The van der Waals surface area contributed by atoms with Crippen molar-refractivity contribution in [2.24, 2.45) is 0 Å². The van der Waals surface area contributed by atoms with Gasteiger partial charge in [-0.1, -0.05) is 38.1 Å². The normalized spacial score (nSPS) is 15.8. The predicted molar refractivity (Wildman–Crippen MR) is 141 cm³/mol. The molecule has 1 saturated heterocycles. The third kappa shape index (κ3) is 4.54. The van der Waals surface area contributed by atoms with E-state index < -0.39 is 10.0 Å². The van der Waals surface area contributed by atoms with Crippen LogP contribution in [0.25, 0.3) is 16.7 Å². The largest absolute Gasteiger partial charge is 0.336 e. The molecule has 7 nitrogen and oxygen atoms in total. The van der Waals surface area contributed by atoms with Crippen LogP contribution in [-0.2, 0) is 10.0 Å². The number of benzene rings is 3. The van der Waals surface area contributed by atoms with Gasteiger partial charge in [0.25, 0.3) is 5.91 Å². The minimum atomic E-state index is -3.59. The number of carbonyl (C=O) groups excluding carboxylic acids is 1. The maximum absolute atomic E-state index is 13.1. The van der Waals surface area contributed by atoms with E-state index in [1.165, 1.54) is 4.31 Å². The van der Waals surface area contributed by atoms with Crippen LogP contribution in [0.1, 0.15) is 42.1 Å². The third-order valence-corrected chi connectivity index (χ3v) is 8.98. The zero-order chi connectivity index (χ0) is 25.3. The van der Waals surface area contributed by atoms with Crippen LogP contribution in [-0.4, -0.2) is 59.3 Å². The van der Waals surface area contributed by atoms with Gasteiger partial charge in [-0.05, 0) is 66.4 Å². The summed E-state index contributed by atoms with van der Waals surface area (Å²) in [5.41, 5.74) is 4.56. The van der Waals surface area contributed by atoms with Crippen LogP contribution in [0, 0.1) is 0 Å². The van der Waals surface area contributed by atoms with Gasteiger partial charge in [0.15, 0.2) is 0 Å². The molecule has 0 saturated carbocycles. The number of fused-ring (bicyclic) bond motifs is 1. The number of imidazole rings is 1. The summed E-state index contributed by atoms with van der Waals surface area (Å²) in [6.07, 6.45) is 2.78. The van der Waals surface area contributed by atoms with Gasteiger partial charge in [-0.15, -0.1) is 0 Å². The van der Waals surface area contributed by atoms with E-state index in [4.69, 9.17) is 0 Å². The molecule has 1 aliphatic heterocycles. The van der Waals surface area contributed by atoms with Gasteiger partial charge in [-0.3, -0.25) is 9.36 Å². The van der Waals surface area contributed by atoms with E-state index in [1.807, 2.05) is 65.2 Å². The molecule has 1 fully saturated rings. The van der Waals surface area contributed by atoms with Crippen LogP contribution in [0.2, 0.25) is 0 Å². The summed E-state index contributed by atoms with van der Waals surface area (Å²) in [6.45, 7) is 5.52. The molecular formula is C28H30N4O3S. The number of hydrogen-bond donors (Lipinski definition) is 0. The lowest BCUT2D eigenvalue weighted by Crippen LogP contribution is -2.50. The number of rotatable bonds is 6. The van der Waals surface area contributed by atoms with Gasteiger partial charge in [-0.2, -0.15) is 4.31 Å². The SMILES string of the molecule is CCC(C)c1ccc(S(=O)(=O)N2CCN(C(=O)c3ccc(-n4cnc5ccccc54)cc3)CC2)cc1. The highest BCUT2D eigenvalue weighted by Gasteiger charge is 2.30. The van der Waals surface area contributed by atoms with Crippen molar-refractivity contribution >= 4 is 27.0 Å². The minimum Gasteiger partial charge on any atom is -0.336 e. The molecule has 1 unspecified atom stereocenters. The summed E-state index contributed by atoms with van der Waals surface area (Å²) < 4.78 is 29.7. The molecule has 1 aromatic heterocycles. The molecule has 0 N–H and O–H groups in total. The maximum atomic E-state index is 13.1. The van der Waals surface area contributed by atoms with Gasteiger partial charge in [0, 0.05) is 37.4 Å². The zero-order valence-corrected chi connectivity index (χ0v) is 21.4. The maximum Gasteiger partial charge on any atom is 0.253 e. The number of hydrogen-bond acceptors (Lipinski definition) is 4. The molecule has 1 aliphatic rings. The Morgan fingerprint density at radius 3 is 2.25 bits per heavy atom. The van der Waals surface area contributed by atoms with Crippen molar-refractivity contribution < 1.29 is 13.2 Å². The fourth-order valence-corrected chi connectivity index (χ4v) is 6.02. The first-order valence-corrected chi connectivity index (χ1v) is 13.7. The molecule has 0 bridgehead atoms. The summed E-state index contributed by atoms with van der Waals surface area (Å²) in [7, 11) is -3.59. The van der Waals surface area contributed by atoms with E-state index in [2.05, 4.69) is 18.8 Å². The van der Waals surface area contributed by atoms with Crippen LogP contribution in [0.3, 0.4) is 0 Å².